The monoisotopic (exact) mass is 223 g/mol. The molecular formula is C12H21N3O. The molecule has 0 spiro atoms. The highest BCUT2D eigenvalue weighted by atomic mass is 16.5. The number of aromatic nitrogens is 2. The van der Waals surface area contributed by atoms with E-state index in [-0.39, 0.29) is 6.04 Å². The zero-order valence-corrected chi connectivity index (χ0v) is 10.1. The zero-order valence-electron chi connectivity index (χ0n) is 10.1. The number of hydrogen-bond acceptors (Lipinski definition) is 3. The Hall–Kier alpha value is -0.870. The van der Waals surface area contributed by atoms with E-state index in [1.807, 2.05) is 24.9 Å². The average Bonchev–Trinajstić information content (AvgIpc) is 2.60. The second kappa shape index (κ2) is 4.97. The first kappa shape index (κ1) is 11.6. The first-order chi connectivity index (χ1) is 7.68. The number of rotatable bonds is 3. The van der Waals surface area contributed by atoms with Crippen LogP contribution in [0.4, 0.5) is 0 Å². The van der Waals surface area contributed by atoms with Crippen LogP contribution in [-0.2, 0) is 18.2 Å². The quantitative estimate of drug-likeness (QED) is 0.838. The fraction of sp³-hybridized carbons (Fsp3) is 0.750. The molecule has 0 radical (unpaired) electrons. The van der Waals surface area contributed by atoms with Crippen molar-refractivity contribution in [3.05, 3.63) is 17.5 Å². The zero-order chi connectivity index (χ0) is 11.5. The van der Waals surface area contributed by atoms with Crippen molar-refractivity contribution in [3.63, 3.8) is 0 Å². The summed E-state index contributed by atoms with van der Waals surface area (Å²) in [5, 5.41) is 4.37. The molecule has 16 heavy (non-hydrogen) atoms. The maximum absolute atomic E-state index is 5.87. The Balaban J connectivity index is 2.19. The van der Waals surface area contributed by atoms with Crippen molar-refractivity contribution in [2.75, 3.05) is 13.2 Å². The predicted molar refractivity (Wildman–Crippen MR) is 63.4 cm³/mol. The van der Waals surface area contributed by atoms with Gasteiger partial charge in [-0.05, 0) is 31.7 Å². The molecule has 1 saturated heterocycles. The van der Waals surface area contributed by atoms with E-state index < -0.39 is 0 Å². The maximum atomic E-state index is 5.87. The highest BCUT2D eigenvalue weighted by Gasteiger charge is 2.22. The van der Waals surface area contributed by atoms with Crippen LogP contribution in [0.5, 0.6) is 0 Å². The number of hydrogen-bond donors (Lipinski definition) is 1. The van der Waals surface area contributed by atoms with Crippen molar-refractivity contribution >= 4 is 0 Å². The van der Waals surface area contributed by atoms with Gasteiger partial charge < -0.3 is 10.5 Å². The van der Waals surface area contributed by atoms with E-state index in [1.54, 1.807) is 0 Å². The van der Waals surface area contributed by atoms with Crippen LogP contribution < -0.4 is 5.73 Å². The molecule has 0 amide bonds. The van der Waals surface area contributed by atoms with E-state index in [9.17, 15) is 0 Å². The van der Waals surface area contributed by atoms with Gasteiger partial charge in [-0.1, -0.05) is 0 Å². The van der Waals surface area contributed by atoms with E-state index in [2.05, 4.69) is 5.10 Å². The van der Waals surface area contributed by atoms with Gasteiger partial charge in [-0.3, -0.25) is 4.68 Å². The smallest absolute Gasteiger partial charge is 0.0525 e. The van der Waals surface area contributed by atoms with Gasteiger partial charge in [-0.25, -0.2) is 0 Å². The highest BCUT2D eigenvalue weighted by Crippen LogP contribution is 2.29. The number of nitrogens with two attached hydrogens (primary N) is 1. The summed E-state index contributed by atoms with van der Waals surface area (Å²) in [5.74, 6) is 0.593. The van der Waals surface area contributed by atoms with Crippen molar-refractivity contribution in [1.29, 1.82) is 0 Å². The minimum absolute atomic E-state index is 0.197. The lowest BCUT2D eigenvalue weighted by Crippen LogP contribution is -2.21. The van der Waals surface area contributed by atoms with Crippen LogP contribution in [0.2, 0.25) is 0 Å². The molecule has 0 bridgehead atoms. The first-order valence-corrected chi connectivity index (χ1v) is 6.02. The van der Waals surface area contributed by atoms with E-state index in [0.717, 1.165) is 32.5 Å². The summed E-state index contributed by atoms with van der Waals surface area (Å²) >= 11 is 0. The summed E-state index contributed by atoms with van der Waals surface area (Å²) < 4.78 is 7.41. The standard InChI is InChI=1S/C12H21N3O/c1-9(13)7-11-8-14-15(2)12(11)10-3-5-16-6-4-10/h8-10H,3-7,13H2,1-2H3. The Morgan fingerprint density at radius 3 is 2.88 bits per heavy atom. The molecule has 0 aliphatic carbocycles. The van der Waals surface area contributed by atoms with Crippen molar-refractivity contribution < 1.29 is 4.74 Å². The summed E-state index contributed by atoms with van der Waals surface area (Å²) in [5.41, 5.74) is 8.54. The van der Waals surface area contributed by atoms with Crippen LogP contribution in [0.25, 0.3) is 0 Å². The lowest BCUT2D eigenvalue weighted by molar-refractivity contribution is 0.0835. The lowest BCUT2D eigenvalue weighted by Gasteiger charge is -2.23. The molecule has 1 fully saturated rings. The molecule has 1 aromatic rings. The highest BCUT2D eigenvalue weighted by molar-refractivity contribution is 5.23. The molecule has 2 rings (SSSR count). The van der Waals surface area contributed by atoms with Crippen molar-refractivity contribution in [3.8, 4) is 0 Å². The molecule has 90 valence electrons. The maximum Gasteiger partial charge on any atom is 0.0525 e. The van der Waals surface area contributed by atoms with Crippen LogP contribution in [0.3, 0.4) is 0 Å². The van der Waals surface area contributed by atoms with Gasteiger partial charge in [-0.2, -0.15) is 5.10 Å². The summed E-state index contributed by atoms with van der Waals surface area (Å²) in [7, 11) is 2.02. The minimum atomic E-state index is 0.197. The third-order valence-electron chi connectivity index (χ3n) is 3.21. The molecule has 0 aromatic carbocycles. The van der Waals surface area contributed by atoms with Gasteiger partial charge in [-0.15, -0.1) is 0 Å². The molecule has 0 saturated carbocycles. The van der Waals surface area contributed by atoms with Gasteiger partial charge in [0.2, 0.25) is 0 Å². The predicted octanol–water partition coefficient (Wildman–Crippen LogP) is 1.20. The molecule has 1 aromatic heterocycles. The second-order valence-electron chi connectivity index (χ2n) is 4.75. The molecular weight excluding hydrogens is 202 g/mol. The van der Waals surface area contributed by atoms with Gasteiger partial charge in [0, 0.05) is 37.9 Å². The van der Waals surface area contributed by atoms with Crippen molar-refractivity contribution in [2.24, 2.45) is 12.8 Å². The van der Waals surface area contributed by atoms with Gasteiger partial charge in [0.15, 0.2) is 0 Å². The summed E-state index contributed by atoms with van der Waals surface area (Å²) in [4.78, 5) is 0. The first-order valence-electron chi connectivity index (χ1n) is 6.02. The van der Waals surface area contributed by atoms with Gasteiger partial charge >= 0.3 is 0 Å². The molecule has 1 aliphatic heterocycles. The molecule has 4 nitrogen and oxygen atoms in total. The Morgan fingerprint density at radius 2 is 2.25 bits per heavy atom. The van der Waals surface area contributed by atoms with Crippen LogP contribution in [0.15, 0.2) is 6.20 Å². The normalized spacial score (nSPS) is 19.9. The van der Waals surface area contributed by atoms with Crippen LogP contribution in [0.1, 0.15) is 36.9 Å². The topological polar surface area (TPSA) is 53.1 Å². The largest absolute Gasteiger partial charge is 0.381 e. The molecule has 1 unspecified atom stereocenters. The third kappa shape index (κ3) is 2.44. The summed E-state index contributed by atoms with van der Waals surface area (Å²) in [6.07, 6.45) is 5.09. The second-order valence-corrected chi connectivity index (χ2v) is 4.75. The van der Waals surface area contributed by atoms with E-state index >= 15 is 0 Å². The van der Waals surface area contributed by atoms with E-state index in [4.69, 9.17) is 10.5 Å². The molecule has 1 atom stereocenters. The van der Waals surface area contributed by atoms with E-state index in [1.165, 1.54) is 11.3 Å². The molecule has 2 N–H and O–H groups in total. The Morgan fingerprint density at radius 1 is 1.56 bits per heavy atom. The molecule has 2 heterocycles. The molecule has 4 heteroatoms. The fourth-order valence-electron chi connectivity index (χ4n) is 2.49. The van der Waals surface area contributed by atoms with Crippen LogP contribution >= 0.6 is 0 Å². The van der Waals surface area contributed by atoms with Gasteiger partial charge in [0.05, 0.1) is 6.20 Å². The lowest BCUT2D eigenvalue weighted by atomic mass is 9.92. The molecule has 1 aliphatic rings. The van der Waals surface area contributed by atoms with Crippen molar-refractivity contribution in [1.82, 2.24) is 9.78 Å². The average molecular weight is 223 g/mol. The Bertz CT molecular complexity index is 340. The minimum Gasteiger partial charge on any atom is -0.381 e. The fourth-order valence-corrected chi connectivity index (χ4v) is 2.49. The number of ether oxygens (including phenoxy) is 1. The van der Waals surface area contributed by atoms with E-state index in [0.29, 0.717) is 5.92 Å². The summed E-state index contributed by atoms with van der Waals surface area (Å²) in [6, 6.07) is 0.197. The van der Waals surface area contributed by atoms with Crippen molar-refractivity contribution in [2.45, 2.75) is 38.1 Å². The van der Waals surface area contributed by atoms with Gasteiger partial charge in [0.25, 0.3) is 0 Å². The Labute approximate surface area is 96.8 Å². The Kier molecular flexibility index (Phi) is 3.61. The number of aryl methyl sites for hydroxylation is 1. The van der Waals surface area contributed by atoms with Crippen LogP contribution in [0, 0.1) is 0 Å². The van der Waals surface area contributed by atoms with Crippen LogP contribution in [-0.4, -0.2) is 29.0 Å². The van der Waals surface area contributed by atoms with Gasteiger partial charge in [0.1, 0.15) is 0 Å². The third-order valence-corrected chi connectivity index (χ3v) is 3.21. The summed E-state index contributed by atoms with van der Waals surface area (Å²) in [6.45, 7) is 3.78. The number of nitrogens with zero attached hydrogens (tertiary/aromatic N) is 2. The SMILES string of the molecule is CC(N)Cc1cnn(C)c1C1CCOCC1.